The predicted molar refractivity (Wildman–Crippen MR) is 107 cm³/mol. The Morgan fingerprint density at radius 2 is 1.83 bits per heavy atom. The summed E-state index contributed by atoms with van der Waals surface area (Å²) in [6.45, 7) is 1.28. The van der Waals surface area contributed by atoms with Crippen LogP contribution in [0.15, 0.2) is 41.5 Å². The first-order chi connectivity index (χ1) is 13.9. The number of carbonyl (C=O) groups excluding carboxylic acids is 1. The number of ether oxygens (including phenoxy) is 3. The molecule has 0 aliphatic rings. The predicted octanol–water partition coefficient (Wildman–Crippen LogP) is 3.57. The number of methoxy groups -OCH3 is 2. The van der Waals surface area contributed by atoms with Gasteiger partial charge in [-0.05, 0) is 48.6 Å². The fraction of sp³-hybridized carbons (Fsp3) is 0.158. The summed E-state index contributed by atoms with van der Waals surface area (Å²) in [5, 5.41) is 11.2. The fourth-order valence-electron chi connectivity index (χ4n) is 2.53. The minimum atomic E-state index is -0.503. The summed E-state index contributed by atoms with van der Waals surface area (Å²) in [6, 6.07) is 9.06. The van der Waals surface area contributed by atoms with Crippen LogP contribution in [0.1, 0.15) is 12.5 Å². The number of esters is 1. The molecule has 0 amide bonds. The summed E-state index contributed by atoms with van der Waals surface area (Å²) in [5.74, 6) is 0.334. The molecule has 0 saturated heterocycles. The van der Waals surface area contributed by atoms with Crippen LogP contribution in [0, 0.1) is 10.6 Å². The highest BCUT2D eigenvalue weighted by atomic mass is 32.1. The van der Waals surface area contributed by atoms with Crippen molar-refractivity contribution < 1.29 is 23.4 Å². The Balaban J connectivity index is 2.00. The molecule has 0 radical (unpaired) electrons. The van der Waals surface area contributed by atoms with Crippen LogP contribution in [0.5, 0.6) is 17.2 Å². The highest BCUT2D eigenvalue weighted by Crippen LogP contribution is 2.38. The van der Waals surface area contributed by atoms with Crippen LogP contribution in [0.3, 0.4) is 0 Å². The normalized spacial score (nSPS) is 10.9. The summed E-state index contributed by atoms with van der Waals surface area (Å²) in [4.78, 5) is 11.3. The Labute approximate surface area is 170 Å². The van der Waals surface area contributed by atoms with Gasteiger partial charge in [0.1, 0.15) is 5.82 Å². The zero-order valence-corrected chi connectivity index (χ0v) is 16.6. The van der Waals surface area contributed by atoms with Gasteiger partial charge in [0.15, 0.2) is 17.3 Å². The van der Waals surface area contributed by atoms with Gasteiger partial charge in [0.05, 0.1) is 20.4 Å². The smallest absolute Gasteiger partial charge is 0.308 e. The summed E-state index contributed by atoms with van der Waals surface area (Å²) >= 11 is 5.23. The molecule has 0 spiro atoms. The number of aromatic nitrogens is 3. The number of benzene rings is 2. The van der Waals surface area contributed by atoms with E-state index in [1.807, 2.05) is 0 Å². The molecular weight excluding hydrogens is 399 g/mol. The van der Waals surface area contributed by atoms with Gasteiger partial charge in [-0.15, -0.1) is 0 Å². The number of halogens is 1. The molecule has 0 aliphatic heterocycles. The lowest BCUT2D eigenvalue weighted by molar-refractivity contribution is -0.132. The SMILES string of the molecule is COc1cc(/C=N/n2c(-c3ccc(F)cc3)n[nH]c2=S)cc(OC)c1OC(C)=O. The van der Waals surface area contributed by atoms with Gasteiger partial charge in [-0.2, -0.15) is 14.9 Å². The summed E-state index contributed by atoms with van der Waals surface area (Å²) in [6.07, 6.45) is 1.51. The van der Waals surface area contributed by atoms with Gasteiger partial charge in [-0.25, -0.2) is 9.49 Å². The number of hydrogen-bond acceptors (Lipinski definition) is 7. The minimum Gasteiger partial charge on any atom is -0.493 e. The number of carbonyl (C=O) groups is 1. The van der Waals surface area contributed by atoms with E-state index in [2.05, 4.69) is 15.3 Å². The second kappa shape index (κ2) is 8.65. The maximum Gasteiger partial charge on any atom is 0.308 e. The van der Waals surface area contributed by atoms with Crippen LogP contribution in [0.4, 0.5) is 4.39 Å². The molecule has 0 unspecified atom stereocenters. The molecule has 150 valence electrons. The van der Waals surface area contributed by atoms with Gasteiger partial charge in [0.25, 0.3) is 0 Å². The van der Waals surface area contributed by atoms with E-state index in [1.54, 1.807) is 24.3 Å². The average Bonchev–Trinajstić information content (AvgIpc) is 3.07. The Morgan fingerprint density at radius 1 is 1.21 bits per heavy atom. The quantitative estimate of drug-likeness (QED) is 0.286. The largest absolute Gasteiger partial charge is 0.493 e. The van der Waals surface area contributed by atoms with Crippen LogP contribution in [0.25, 0.3) is 11.4 Å². The third kappa shape index (κ3) is 4.49. The van der Waals surface area contributed by atoms with E-state index in [0.29, 0.717) is 28.5 Å². The molecule has 1 N–H and O–H groups in total. The lowest BCUT2D eigenvalue weighted by Gasteiger charge is -2.13. The molecular formula is C19H17FN4O4S. The third-order valence-corrected chi connectivity index (χ3v) is 4.07. The molecule has 8 nitrogen and oxygen atoms in total. The Kier molecular flexibility index (Phi) is 6.03. The monoisotopic (exact) mass is 416 g/mol. The first-order valence-electron chi connectivity index (χ1n) is 8.35. The van der Waals surface area contributed by atoms with Crippen molar-refractivity contribution in [3.05, 3.63) is 52.5 Å². The van der Waals surface area contributed by atoms with Crippen molar-refractivity contribution in [3.8, 4) is 28.6 Å². The van der Waals surface area contributed by atoms with E-state index in [9.17, 15) is 9.18 Å². The molecule has 0 bridgehead atoms. The summed E-state index contributed by atoms with van der Waals surface area (Å²) in [7, 11) is 2.89. The van der Waals surface area contributed by atoms with Crippen LogP contribution in [0.2, 0.25) is 0 Å². The van der Waals surface area contributed by atoms with E-state index in [1.165, 1.54) is 44.2 Å². The molecule has 10 heteroatoms. The lowest BCUT2D eigenvalue weighted by Crippen LogP contribution is -2.05. The molecule has 0 aliphatic carbocycles. The molecule has 29 heavy (non-hydrogen) atoms. The van der Waals surface area contributed by atoms with Crippen molar-refractivity contribution in [1.29, 1.82) is 0 Å². The number of H-pyrrole nitrogens is 1. The summed E-state index contributed by atoms with van der Waals surface area (Å²) in [5.41, 5.74) is 1.24. The van der Waals surface area contributed by atoms with Gasteiger partial charge < -0.3 is 14.2 Å². The van der Waals surface area contributed by atoms with E-state index >= 15 is 0 Å². The van der Waals surface area contributed by atoms with Crippen molar-refractivity contribution in [2.45, 2.75) is 6.92 Å². The third-order valence-electron chi connectivity index (χ3n) is 3.80. The number of nitrogens with zero attached hydrogens (tertiary/aromatic N) is 3. The maximum absolute atomic E-state index is 13.2. The van der Waals surface area contributed by atoms with Gasteiger partial charge in [-0.3, -0.25) is 4.79 Å². The van der Waals surface area contributed by atoms with Gasteiger partial charge in [0.2, 0.25) is 10.5 Å². The van der Waals surface area contributed by atoms with Gasteiger partial charge in [-0.1, -0.05) is 0 Å². The highest BCUT2D eigenvalue weighted by molar-refractivity contribution is 7.71. The molecule has 3 aromatic rings. The van der Waals surface area contributed by atoms with E-state index in [4.69, 9.17) is 26.4 Å². The van der Waals surface area contributed by atoms with Gasteiger partial charge in [0, 0.05) is 18.1 Å². The van der Waals surface area contributed by atoms with Crippen molar-refractivity contribution in [2.24, 2.45) is 5.10 Å². The van der Waals surface area contributed by atoms with E-state index in [0.717, 1.165) is 0 Å². The van der Waals surface area contributed by atoms with E-state index in [-0.39, 0.29) is 16.3 Å². The van der Waals surface area contributed by atoms with E-state index < -0.39 is 5.97 Å². The number of nitrogens with one attached hydrogen (secondary N) is 1. The van der Waals surface area contributed by atoms with Crippen LogP contribution >= 0.6 is 12.2 Å². The second-order valence-corrected chi connectivity index (χ2v) is 6.15. The van der Waals surface area contributed by atoms with Crippen LogP contribution < -0.4 is 14.2 Å². The van der Waals surface area contributed by atoms with Gasteiger partial charge >= 0.3 is 5.97 Å². The first kappa shape index (κ1) is 20.2. The minimum absolute atomic E-state index is 0.173. The molecule has 0 saturated carbocycles. The van der Waals surface area contributed by atoms with Crippen molar-refractivity contribution in [1.82, 2.24) is 14.9 Å². The van der Waals surface area contributed by atoms with Crippen molar-refractivity contribution in [2.75, 3.05) is 14.2 Å². The Morgan fingerprint density at radius 3 is 2.38 bits per heavy atom. The molecule has 3 rings (SSSR count). The second-order valence-electron chi connectivity index (χ2n) is 5.76. The Bertz CT molecular complexity index is 1100. The van der Waals surface area contributed by atoms with Crippen molar-refractivity contribution >= 4 is 24.4 Å². The standard InChI is InChI=1S/C19H17FN4O4S/c1-11(25)28-17-15(26-2)8-12(9-16(17)27-3)10-21-24-18(22-23-19(24)29)13-4-6-14(20)7-5-13/h4-10H,1-3H3,(H,23,29)/b21-10+. The van der Waals surface area contributed by atoms with Crippen molar-refractivity contribution in [3.63, 3.8) is 0 Å². The molecule has 0 atom stereocenters. The molecule has 1 aromatic heterocycles. The first-order valence-corrected chi connectivity index (χ1v) is 8.76. The Hall–Kier alpha value is -3.53. The maximum atomic E-state index is 13.2. The molecule has 0 fully saturated rings. The number of rotatable bonds is 6. The average molecular weight is 416 g/mol. The summed E-state index contributed by atoms with van der Waals surface area (Å²) < 4.78 is 30.6. The van der Waals surface area contributed by atoms with Crippen LogP contribution in [-0.4, -0.2) is 41.3 Å². The lowest BCUT2D eigenvalue weighted by atomic mass is 10.2. The highest BCUT2D eigenvalue weighted by Gasteiger charge is 2.16. The molecule has 1 heterocycles. The van der Waals surface area contributed by atoms with Crippen LogP contribution in [-0.2, 0) is 4.79 Å². The topological polar surface area (TPSA) is 90.7 Å². The zero-order chi connectivity index (χ0) is 21.0. The molecule has 2 aromatic carbocycles. The number of hydrogen-bond donors (Lipinski definition) is 1. The zero-order valence-electron chi connectivity index (χ0n) is 15.8. The fourth-order valence-corrected chi connectivity index (χ4v) is 2.71. The number of aromatic amines is 1.